The first-order chi connectivity index (χ1) is 12.0. The molecule has 0 amide bonds. The first-order valence-electron chi connectivity index (χ1n) is 7.43. The largest absolute Gasteiger partial charge is 0.463 e. The molecule has 0 aliphatic carbocycles. The molecule has 26 heavy (non-hydrogen) atoms. The Morgan fingerprint density at radius 1 is 0.962 bits per heavy atom. The van der Waals surface area contributed by atoms with E-state index < -0.39 is 60.8 Å². The molecule has 0 spiro atoms. The van der Waals surface area contributed by atoms with Crippen LogP contribution in [0.15, 0.2) is 0 Å². The summed E-state index contributed by atoms with van der Waals surface area (Å²) in [7, 11) is 0. The number of alkyl halides is 1. The first-order valence-corrected chi connectivity index (χ1v) is 7.43. The number of ether oxygens (including phenoxy) is 5. The summed E-state index contributed by atoms with van der Waals surface area (Å²) in [6, 6.07) is 1.19. The lowest BCUT2D eigenvalue weighted by Crippen LogP contribution is -2.66. The molecule has 11 heteroatoms. The van der Waals surface area contributed by atoms with Gasteiger partial charge < -0.3 is 23.7 Å². The third-order valence-corrected chi connectivity index (χ3v) is 3.18. The van der Waals surface area contributed by atoms with Gasteiger partial charge in [-0.3, -0.25) is 19.2 Å². The highest BCUT2D eigenvalue weighted by atomic mass is 19.2. The zero-order valence-electron chi connectivity index (χ0n) is 14.5. The quantitative estimate of drug-likeness (QED) is 0.474. The maximum atomic E-state index is 15.0. The summed E-state index contributed by atoms with van der Waals surface area (Å²) in [5.41, 5.74) is 0. The van der Waals surface area contributed by atoms with Crippen LogP contribution >= 0.6 is 0 Å². The standard InChI is InChI=1S/C15H18FNO9/c1-7(18)22-5-11-12(23-8(2)19)13(24-9(3)20)14(25-10(4)21)15(16,6-17)26-11/h11-14H,5H2,1-4H3/t11-,12-,13+,14-,15-/m1/s1. The highest BCUT2D eigenvalue weighted by molar-refractivity contribution is 5.69. The predicted molar refractivity (Wildman–Crippen MR) is 77.6 cm³/mol. The van der Waals surface area contributed by atoms with Gasteiger partial charge in [-0.1, -0.05) is 0 Å². The number of carbonyl (C=O) groups excluding carboxylic acids is 4. The molecule has 1 aliphatic rings. The normalized spacial score (nSPS) is 30.5. The van der Waals surface area contributed by atoms with Crippen LogP contribution in [-0.2, 0) is 42.9 Å². The maximum absolute atomic E-state index is 15.0. The van der Waals surface area contributed by atoms with Gasteiger partial charge in [-0.15, -0.1) is 0 Å². The van der Waals surface area contributed by atoms with E-state index in [-0.39, 0.29) is 0 Å². The Morgan fingerprint density at radius 3 is 1.88 bits per heavy atom. The van der Waals surface area contributed by atoms with Crippen LogP contribution in [0.5, 0.6) is 0 Å². The van der Waals surface area contributed by atoms with E-state index in [2.05, 4.69) is 0 Å². The molecule has 0 radical (unpaired) electrons. The zero-order chi connectivity index (χ0) is 20.1. The van der Waals surface area contributed by atoms with E-state index in [4.69, 9.17) is 28.9 Å². The number of esters is 4. The van der Waals surface area contributed by atoms with E-state index in [9.17, 15) is 23.6 Å². The van der Waals surface area contributed by atoms with Crippen molar-refractivity contribution in [2.45, 2.75) is 58.0 Å². The van der Waals surface area contributed by atoms with E-state index in [1.165, 1.54) is 6.07 Å². The third-order valence-electron chi connectivity index (χ3n) is 3.18. The fraction of sp³-hybridized carbons (Fsp3) is 0.667. The van der Waals surface area contributed by atoms with Crippen LogP contribution in [-0.4, -0.2) is 60.8 Å². The van der Waals surface area contributed by atoms with Crippen molar-refractivity contribution in [3.05, 3.63) is 0 Å². The molecule has 0 unspecified atom stereocenters. The second-order valence-corrected chi connectivity index (χ2v) is 5.39. The number of hydrogen-bond acceptors (Lipinski definition) is 10. The topological polar surface area (TPSA) is 138 Å². The van der Waals surface area contributed by atoms with Crippen molar-refractivity contribution in [2.24, 2.45) is 0 Å². The Balaban J connectivity index is 3.35. The van der Waals surface area contributed by atoms with Gasteiger partial charge in [0.05, 0.1) is 0 Å². The van der Waals surface area contributed by atoms with Crippen LogP contribution in [0.1, 0.15) is 27.7 Å². The number of nitriles is 1. The van der Waals surface area contributed by atoms with E-state index in [1.54, 1.807) is 0 Å². The lowest BCUT2D eigenvalue weighted by molar-refractivity contribution is -0.304. The molecule has 0 aromatic heterocycles. The van der Waals surface area contributed by atoms with Gasteiger partial charge in [-0.2, -0.15) is 9.65 Å². The fourth-order valence-electron chi connectivity index (χ4n) is 2.34. The lowest BCUT2D eigenvalue weighted by Gasteiger charge is -2.44. The Kier molecular flexibility index (Phi) is 7.02. The molecule has 144 valence electrons. The molecule has 1 aliphatic heterocycles. The Labute approximate surface area is 148 Å². The molecule has 1 heterocycles. The molecular weight excluding hydrogens is 357 g/mol. The van der Waals surface area contributed by atoms with Crippen molar-refractivity contribution in [3.8, 4) is 6.07 Å². The van der Waals surface area contributed by atoms with Gasteiger partial charge in [0.15, 0.2) is 12.2 Å². The summed E-state index contributed by atoms with van der Waals surface area (Å²) < 4.78 is 39.4. The van der Waals surface area contributed by atoms with Crippen LogP contribution in [0, 0.1) is 11.3 Å². The molecule has 1 rings (SSSR count). The molecule has 0 aromatic rings. The summed E-state index contributed by atoms with van der Waals surface area (Å²) >= 11 is 0. The molecular formula is C15H18FNO9. The van der Waals surface area contributed by atoms with Crippen LogP contribution in [0.2, 0.25) is 0 Å². The van der Waals surface area contributed by atoms with Crippen molar-refractivity contribution in [1.29, 1.82) is 5.26 Å². The van der Waals surface area contributed by atoms with Crippen LogP contribution in [0.25, 0.3) is 0 Å². The minimum Gasteiger partial charge on any atom is -0.463 e. The number of carbonyl (C=O) groups is 4. The molecule has 5 atom stereocenters. The molecule has 10 nitrogen and oxygen atoms in total. The highest BCUT2D eigenvalue weighted by Gasteiger charge is 2.61. The summed E-state index contributed by atoms with van der Waals surface area (Å²) in [4.78, 5) is 45.1. The van der Waals surface area contributed by atoms with E-state index in [1.807, 2.05) is 0 Å². The predicted octanol–water partition coefficient (Wildman–Crippen LogP) is -0.0672. The number of rotatable bonds is 5. The third kappa shape index (κ3) is 5.38. The van der Waals surface area contributed by atoms with Crippen molar-refractivity contribution in [2.75, 3.05) is 6.61 Å². The monoisotopic (exact) mass is 375 g/mol. The second-order valence-electron chi connectivity index (χ2n) is 5.39. The van der Waals surface area contributed by atoms with Crippen molar-refractivity contribution in [3.63, 3.8) is 0 Å². The molecule has 1 fully saturated rings. The van der Waals surface area contributed by atoms with Crippen LogP contribution < -0.4 is 0 Å². The van der Waals surface area contributed by atoms with Crippen molar-refractivity contribution >= 4 is 23.9 Å². The Bertz CT molecular complexity index is 631. The van der Waals surface area contributed by atoms with Gasteiger partial charge in [-0.05, 0) is 0 Å². The van der Waals surface area contributed by atoms with Gasteiger partial charge in [0, 0.05) is 27.7 Å². The van der Waals surface area contributed by atoms with Gasteiger partial charge in [0.2, 0.25) is 6.10 Å². The average Bonchev–Trinajstić information content (AvgIpc) is 2.50. The van der Waals surface area contributed by atoms with Crippen LogP contribution in [0.3, 0.4) is 0 Å². The average molecular weight is 375 g/mol. The maximum Gasteiger partial charge on any atom is 0.338 e. The first kappa shape index (κ1) is 21.3. The van der Waals surface area contributed by atoms with Gasteiger partial charge in [0.1, 0.15) is 18.8 Å². The molecule has 0 aromatic carbocycles. The summed E-state index contributed by atoms with van der Waals surface area (Å²) in [6.07, 6.45) is -6.74. The molecule has 0 bridgehead atoms. The second kappa shape index (κ2) is 8.57. The SMILES string of the molecule is CC(=O)OC[C@H]1O[C@](F)(C#N)[C@H](OC(C)=O)[C@@H](OC(C)=O)[C@@H]1OC(C)=O. The number of halogens is 1. The minimum absolute atomic E-state index is 0.606. The van der Waals surface area contributed by atoms with Crippen molar-refractivity contribution in [1.82, 2.24) is 0 Å². The van der Waals surface area contributed by atoms with Gasteiger partial charge >= 0.3 is 29.7 Å². The lowest BCUT2D eigenvalue weighted by atomic mass is 9.93. The number of hydrogen-bond donors (Lipinski definition) is 0. The smallest absolute Gasteiger partial charge is 0.338 e. The van der Waals surface area contributed by atoms with Gasteiger partial charge in [-0.25, -0.2) is 0 Å². The number of nitrogens with zero attached hydrogens (tertiary/aromatic N) is 1. The summed E-state index contributed by atoms with van der Waals surface area (Å²) in [5, 5.41) is 9.15. The molecule has 0 N–H and O–H groups in total. The minimum atomic E-state index is -3.24. The fourth-order valence-corrected chi connectivity index (χ4v) is 2.34. The zero-order valence-corrected chi connectivity index (χ0v) is 14.5. The van der Waals surface area contributed by atoms with E-state index in [0.29, 0.717) is 0 Å². The summed E-state index contributed by atoms with van der Waals surface area (Å²) in [5.74, 6) is -6.75. The summed E-state index contributed by atoms with van der Waals surface area (Å²) in [6.45, 7) is 3.41. The highest BCUT2D eigenvalue weighted by Crippen LogP contribution is 2.36. The Morgan fingerprint density at radius 2 is 1.46 bits per heavy atom. The molecule has 1 saturated heterocycles. The molecule has 0 saturated carbocycles. The van der Waals surface area contributed by atoms with E-state index in [0.717, 1.165) is 27.7 Å². The van der Waals surface area contributed by atoms with Crippen LogP contribution in [0.4, 0.5) is 4.39 Å². The van der Waals surface area contributed by atoms with E-state index >= 15 is 0 Å². The van der Waals surface area contributed by atoms with Gasteiger partial charge in [0.25, 0.3) is 0 Å². The van der Waals surface area contributed by atoms with Crippen molar-refractivity contribution < 1.29 is 47.3 Å². The Hall–Kier alpha value is -2.74.